The summed E-state index contributed by atoms with van der Waals surface area (Å²) < 4.78 is 5.57. The number of nitrogens with zero attached hydrogens (tertiary/aromatic N) is 2. The maximum Gasteiger partial charge on any atom is 0.193 e. The van der Waals surface area contributed by atoms with Crippen molar-refractivity contribution >= 4 is 23.2 Å². The van der Waals surface area contributed by atoms with Crippen LogP contribution in [0.4, 0.5) is 0 Å². The third-order valence-electron chi connectivity index (χ3n) is 2.87. The molecular weight excluding hydrogens is 261 g/mol. The van der Waals surface area contributed by atoms with Crippen molar-refractivity contribution in [3.05, 3.63) is 16.4 Å². The van der Waals surface area contributed by atoms with Gasteiger partial charge in [-0.3, -0.25) is 0 Å². The average molecular weight is 276 g/mol. The van der Waals surface area contributed by atoms with E-state index in [-0.39, 0.29) is 5.15 Å². The van der Waals surface area contributed by atoms with Crippen molar-refractivity contribution in [2.75, 3.05) is 19.7 Å². The maximum atomic E-state index is 5.85. The van der Waals surface area contributed by atoms with Crippen LogP contribution in [0.3, 0.4) is 0 Å². The SMILES string of the molecule is Clc1cc(OCCC2CCCNC2)c(Cl)nn1. The summed E-state index contributed by atoms with van der Waals surface area (Å²) in [6.07, 6.45) is 3.52. The molecule has 17 heavy (non-hydrogen) atoms. The molecule has 2 rings (SSSR count). The monoisotopic (exact) mass is 275 g/mol. The standard InChI is InChI=1S/C11H15Cl2N3O/c12-10-6-9(11(13)16-15-10)17-5-3-8-2-1-4-14-7-8/h6,8,14H,1-5,7H2. The van der Waals surface area contributed by atoms with E-state index in [9.17, 15) is 0 Å². The Bertz CT molecular complexity index is 370. The van der Waals surface area contributed by atoms with Crippen LogP contribution in [-0.4, -0.2) is 29.9 Å². The van der Waals surface area contributed by atoms with E-state index in [1.54, 1.807) is 6.07 Å². The first kappa shape index (κ1) is 12.9. The Morgan fingerprint density at radius 3 is 3.06 bits per heavy atom. The van der Waals surface area contributed by atoms with Crippen molar-refractivity contribution in [2.24, 2.45) is 5.92 Å². The fraction of sp³-hybridized carbons (Fsp3) is 0.636. The molecule has 2 heterocycles. The number of hydrogen-bond acceptors (Lipinski definition) is 4. The van der Waals surface area contributed by atoms with Crippen LogP contribution in [0, 0.1) is 5.92 Å². The molecule has 0 spiro atoms. The molecule has 1 fully saturated rings. The largest absolute Gasteiger partial charge is 0.490 e. The van der Waals surface area contributed by atoms with Gasteiger partial charge < -0.3 is 10.1 Å². The molecule has 0 saturated carbocycles. The molecule has 4 nitrogen and oxygen atoms in total. The van der Waals surface area contributed by atoms with Gasteiger partial charge in [0.2, 0.25) is 0 Å². The van der Waals surface area contributed by atoms with Crippen LogP contribution < -0.4 is 10.1 Å². The first-order valence-electron chi connectivity index (χ1n) is 5.78. The van der Waals surface area contributed by atoms with E-state index in [1.165, 1.54) is 12.8 Å². The Balaban J connectivity index is 1.79. The number of hydrogen-bond donors (Lipinski definition) is 1. The van der Waals surface area contributed by atoms with E-state index < -0.39 is 0 Å². The number of halogens is 2. The second kappa shape index (κ2) is 6.38. The molecule has 1 aromatic heterocycles. The number of nitrogens with one attached hydrogen (secondary N) is 1. The van der Waals surface area contributed by atoms with Crippen LogP contribution in [0.15, 0.2) is 6.07 Å². The lowest BCUT2D eigenvalue weighted by Crippen LogP contribution is -2.30. The van der Waals surface area contributed by atoms with Crippen LogP contribution in [0.5, 0.6) is 5.75 Å². The molecule has 0 radical (unpaired) electrons. The van der Waals surface area contributed by atoms with Gasteiger partial charge in [-0.15, -0.1) is 10.2 Å². The van der Waals surface area contributed by atoms with Crippen LogP contribution in [0.2, 0.25) is 10.3 Å². The van der Waals surface area contributed by atoms with Crippen LogP contribution in [-0.2, 0) is 0 Å². The predicted octanol–water partition coefficient (Wildman–Crippen LogP) is 2.55. The predicted molar refractivity (Wildman–Crippen MR) is 67.8 cm³/mol. The highest BCUT2D eigenvalue weighted by Crippen LogP contribution is 2.24. The summed E-state index contributed by atoms with van der Waals surface area (Å²) in [5.74, 6) is 1.20. The lowest BCUT2D eigenvalue weighted by molar-refractivity contribution is 0.253. The van der Waals surface area contributed by atoms with Crippen molar-refractivity contribution in [1.82, 2.24) is 15.5 Å². The Morgan fingerprint density at radius 1 is 1.41 bits per heavy atom. The molecule has 0 amide bonds. The molecule has 1 aliphatic heterocycles. The Kier molecular flexibility index (Phi) is 4.83. The summed E-state index contributed by atoms with van der Waals surface area (Å²) in [7, 11) is 0. The Labute approximate surface area is 111 Å². The first-order chi connectivity index (χ1) is 8.25. The van der Waals surface area contributed by atoms with Crippen LogP contribution >= 0.6 is 23.2 Å². The van der Waals surface area contributed by atoms with Gasteiger partial charge in [0.15, 0.2) is 16.1 Å². The van der Waals surface area contributed by atoms with Gasteiger partial charge in [-0.05, 0) is 38.3 Å². The van der Waals surface area contributed by atoms with Gasteiger partial charge >= 0.3 is 0 Å². The van der Waals surface area contributed by atoms with Gasteiger partial charge in [-0.2, -0.15) is 0 Å². The second-order valence-corrected chi connectivity index (χ2v) is 4.92. The summed E-state index contributed by atoms with van der Waals surface area (Å²) in [5, 5.41) is 11.3. The summed E-state index contributed by atoms with van der Waals surface area (Å²) in [6.45, 7) is 2.84. The zero-order valence-corrected chi connectivity index (χ0v) is 11.0. The topological polar surface area (TPSA) is 47.0 Å². The van der Waals surface area contributed by atoms with Gasteiger partial charge in [0.05, 0.1) is 6.61 Å². The molecule has 6 heteroatoms. The van der Waals surface area contributed by atoms with Gasteiger partial charge in [0.1, 0.15) is 0 Å². The zero-order valence-electron chi connectivity index (χ0n) is 9.46. The number of piperidine rings is 1. The fourth-order valence-electron chi connectivity index (χ4n) is 1.94. The van der Waals surface area contributed by atoms with Gasteiger partial charge in [0, 0.05) is 6.07 Å². The molecule has 0 bridgehead atoms. The lowest BCUT2D eigenvalue weighted by atomic mass is 9.97. The van der Waals surface area contributed by atoms with Crippen molar-refractivity contribution in [2.45, 2.75) is 19.3 Å². The highest BCUT2D eigenvalue weighted by molar-refractivity contribution is 6.32. The normalized spacial score (nSPS) is 20.2. The minimum atomic E-state index is 0.260. The summed E-state index contributed by atoms with van der Waals surface area (Å²) in [4.78, 5) is 0. The number of ether oxygens (including phenoxy) is 1. The molecule has 1 unspecified atom stereocenters. The minimum absolute atomic E-state index is 0.260. The van der Waals surface area contributed by atoms with E-state index >= 15 is 0 Å². The van der Waals surface area contributed by atoms with E-state index in [1.807, 2.05) is 0 Å². The molecule has 94 valence electrons. The molecule has 1 aliphatic rings. The smallest absolute Gasteiger partial charge is 0.193 e. The number of rotatable bonds is 4. The second-order valence-electron chi connectivity index (χ2n) is 4.17. The Morgan fingerprint density at radius 2 is 2.29 bits per heavy atom. The molecule has 0 aliphatic carbocycles. The van der Waals surface area contributed by atoms with E-state index in [4.69, 9.17) is 27.9 Å². The third-order valence-corrected chi connectivity index (χ3v) is 3.32. The molecule has 1 aromatic rings. The van der Waals surface area contributed by atoms with E-state index in [0.29, 0.717) is 23.4 Å². The van der Waals surface area contributed by atoms with Crippen molar-refractivity contribution in [1.29, 1.82) is 0 Å². The Hall–Kier alpha value is -0.580. The third kappa shape index (κ3) is 3.98. The highest BCUT2D eigenvalue weighted by atomic mass is 35.5. The van der Waals surface area contributed by atoms with Crippen LogP contribution in [0.1, 0.15) is 19.3 Å². The minimum Gasteiger partial charge on any atom is -0.490 e. The fourth-order valence-corrected chi connectivity index (χ4v) is 2.23. The summed E-state index contributed by atoms with van der Waals surface area (Å²) >= 11 is 11.6. The lowest BCUT2D eigenvalue weighted by Gasteiger charge is -2.22. The molecule has 1 atom stereocenters. The van der Waals surface area contributed by atoms with Crippen molar-refractivity contribution < 1.29 is 4.74 Å². The quantitative estimate of drug-likeness (QED) is 0.918. The highest BCUT2D eigenvalue weighted by Gasteiger charge is 2.13. The zero-order chi connectivity index (χ0) is 12.1. The van der Waals surface area contributed by atoms with E-state index in [0.717, 1.165) is 19.5 Å². The molecular formula is C11H15Cl2N3O. The van der Waals surface area contributed by atoms with Crippen LogP contribution in [0.25, 0.3) is 0 Å². The van der Waals surface area contributed by atoms with Gasteiger partial charge in [-0.25, -0.2) is 0 Å². The van der Waals surface area contributed by atoms with Gasteiger partial charge in [0.25, 0.3) is 0 Å². The average Bonchev–Trinajstić information content (AvgIpc) is 2.35. The van der Waals surface area contributed by atoms with Gasteiger partial charge in [-0.1, -0.05) is 23.2 Å². The van der Waals surface area contributed by atoms with Crippen molar-refractivity contribution in [3.8, 4) is 5.75 Å². The molecule has 0 aromatic carbocycles. The first-order valence-corrected chi connectivity index (χ1v) is 6.53. The summed E-state index contributed by atoms with van der Waals surface area (Å²) in [5.41, 5.74) is 0. The summed E-state index contributed by atoms with van der Waals surface area (Å²) in [6, 6.07) is 1.59. The molecule has 1 N–H and O–H groups in total. The van der Waals surface area contributed by atoms with E-state index in [2.05, 4.69) is 15.5 Å². The van der Waals surface area contributed by atoms with Crippen molar-refractivity contribution in [3.63, 3.8) is 0 Å². The number of aromatic nitrogens is 2. The maximum absolute atomic E-state index is 5.85. The molecule has 1 saturated heterocycles.